The van der Waals surface area contributed by atoms with Crippen LogP contribution in [-0.4, -0.2) is 32.1 Å². The zero-order valence-electron chi connectivity index (χ0n) is 18.7. The number of hydrogen-bond donors (Lipinski definition) is 0. The second-order valence-electron chi connectivity index (χ2n) is 8.18. The van der Waals surface area contributed by atoms with Crippen LogP contribution in [0.4, 0.5) is 26.3 Å². The van der Waals surface area contributed by atoms with Crippen LogP contribution >= 0.6 is 0 Å². The Morgan fingerprint density at radius 1 is 1.09 bits per heavy atom. The molecule has 0 radical (unpaired) electrons. The standard InChI is InChI=1S/C21H22F6O6S/c1-6-31-19(28)17(32-20(3,4)5)15-10(2)7-11-8-13(18(23)24)14(22)9-12(11)16(15)33-34(29,30)21(25,26)27/h7-9,17-18H,6H2,1-5H3. The maximum absolute atomic E-state index is 14.4. The van der Waals surface area contributed by atoms with Gasteiger partial charge >= 0.3 is 21.6 Å². The van der Waals surface area contributed by atoms with Crippen molar-refractivity contribution in [3.63, 3.8) is 0 Å². The molecule has 0 saturated heterocycles. The van der Waals surface area contributed by atoms with Crippen molar-refractivity contribution in [2.24, 2.45) is 0 Å². The van der Waals surface area contributed by atoms with E-state index in [0.29, 0.717) is 12.1 Å². The van der Waals surface area contributed by atoms with Crippen molar-refractivity contribution in [1.82, 2.24) is 0 Å². The molecule has 0 bridgehead atoms. The highest BCUT2D eigenvalue weighted by molar-refractivity contribution is 7.88. The molecule has 6 nitrogen and oxygen atoms in total. The summed E-state index contributed by atoms with van der Waals surface area (Å²) in [5.74, 6) is -3.69. The van der Waals surface area contributed by atoms with E-state index < -0.39 is 67.8 Å². The number of fused-ring (bicyclic) bond motifs is 1. The van der Waals surface area contributed by atoms with Gasteiger partial charge in [0.25, 0.3) is 6.43 Å². The number of carbonyl (C=O) groups excluding carboxylic acids is 1. The van der Waals surface area contributed by atoms with Gasteiger partial charge in [0, 0.05) is 10.9 Å². The largest absolute Gasteiger partial charge is 0.534 e. The van der Waals surface area contributed by atoms with E-state index in [-0.39, 0.29) is 17.6 Å². The molecule has 0 amide bonds. The lowest BCUT2D eigenvalue weighted by Crippen LogP contribution is -2.31. The number of ether oxygens (including phenoxy) is 2. The van der Waals surface area contributed by atoms with Crippen LogP contribution in [0.15, 0.2) is 18.2 Å². The first-order chi connectivity index (χ1) is 15.4. The van der Waals surface area contributed by atoms with E-state index in [4.69, 9.17) is 9.47 Å². The summed E-state index contributed by atoms with van der Waals surface area (Å²) in [6.07, 6.45) is -5.05. The van der Waals surface area contributed by atoms with Gasteiger partial charge in [0.05, 0.1) is 17.8 Å². The van der Waals surface area contributed by atoms with E-state index in [1.54, 1.807) is 0 Å². The van der Waals surface area contributed by atoms with E-state index >= 15 is 0 Å². The predicted molar refractivity (Wildman–Crippen MR) is 109 cm³/mol. The first kappa shape index (κ1) is 27.7. The van der Waals surface area contributed by atoms with Gasteiger partial charge in [-0.1, -0.05) is 6.07 Å². The molecule has 1 atom stereocenters. The minimum Gasteiger partial charge on any atom is -0.464 e. The van der Waals surface area contributed by atoms with E-state index in [9.17, 15) is 39.6 Å². The Hall–Kier alpha value is -2.54. The quantitative estimate of drug-likeness (QED) is 0.198. The summed E-state index contributed by atoms with van der Waals surface area (Å²) in [7, 11) is -6.31. The normalized spacial score (nSPS) is 13.9. The van der Waals surface area contributed by atoms with Gasteiger partial charge in [0.1, 0.15) is 5.82 Å². The molecular formula is C21H22F6O6S. The van der Waals surface area contributed by atoms with Gasteiger partial charge in [0.15, 0.2) is 11.9 Å². The molecule has 0 fully saturated rings. The van der Waals surface area contributed by atoms with Crippen LogP contribution in [0.1, 0.15) is 56.9 Å². The molecule has 2 aromatic rings. The molecule has 0 N–H and O–H groups in total. The third-order valence-electron chi connectivity index (χ3n) is 4.40. The Balaban J connectivity index is 2.99. The van der Waals surface area contributed by atoms with E-state index in [0.717, 1.165) is 0 Å². The van der Waals surface area contributed by atoms with Gasteiger partial charge in [-0.2, -0.15) is 21.6 Å². The van der Waals surface area contributed by atoms with Crippen molar-refractivity contribution in [3.05, 3.63) is 40.7 Å². The van der Waals surface area contributed by atoms with Crippen molar-refractivity contribution >= 4 is 26.9 Å². The molecule has 34 heavy (non-hydrogen) atoms. The maximum atomic E-state index is 14.4. The van der Waals surface area contributed by atoms with Crippen molar-refractivity contribution in [1.29, 1.82) is 0 Å². The average Bonchev–Trinajstić information content (AvgIpc) is 2.65. The Morgan fingerprint density at radius 2 is 1.68 bits per heavy atom. The summed E-state index contributed by atoms with van der Waals surface area (Å²) in [4.78, 5) is 12.7. The molecule has 190 valence electrons. The average molecular weight is 516 g/mol. The lowest BCUT2D eigenvalue weighted by molar-refractivity contribution is -0.167. The van der Waals surface area contributed by atoms with Crippen LogP contribution in [-0.2, 0) is 24.4 Å². The van der Waals surface area contributed by atoms with Crippen LogP contribution in [0.2, 0.25) is 0 Å². The van der Waals surface area contributed by atoms with Crippen molar-refractivity contribution in [2.45, 2.75) is 58.3 Å². The fourth-order valence-corrected chi connectivity index (χ4v) is 3.59. The van der Waals surface area contributed by atoms with E-state index in [2.05, 4.69) is 4.18 Å². The molecule has 0 heterocycles. The molecule has 0 aromatic heterocycles. The SMILES string of the molecule is CCOC(=O)C(OC(C)(C)C)c1c(C)cc2cc(C(F)F)c(F)cc2c1OS(=O)(=O)C(F)(F)F. The molecule has 0 aliphatic rings. The van der Waals surface area contributed by atoms with Gasteiger partial charge in [-0.25, -0.2) is 18.0 Å². The molecular weight excluding hydrogens is 494 g/mol. The fourth-order valence-electron chi connectivity index (χ4n) is 3.10. The molecule has 1 unspecified atom stereocenters. The van der Waals surface area contributed by atoms with Gasteiger partial charge in [-0.15, -0.1) is 0 Å². The first-order valence-electron chi connectivity index (χ1n) is 9.79. The zero-order valence-corrected chi connectivity index (χ0v) is 19.5. The van der Waals surface area contributed by atoms with Crippen molar-refractivity contribution in [3.8, 4) is 5.75 Å². The molecule has 13 heteroatoms. The van der Waals surface area contributed by atoms with Gasteiger partial charge in [-0.3, -0.25) is 0 Å². The number of hydrogen-bond acceptors (Lipinski definition) is 6. The van der Waals surface area contributed by atoms with Crippen LogP contribution in [0.5, 0.6) is 5.75 Å². The van der Waals surface area contributed by atoms with Gasteiger partial charge in [-0.05, 0) is 57.7 Å². The predicted octanol–water partition coefficient (Wildman–Crippen LogP) is 5.87. The highest BCUT2D eigenvalue weighted by Gasteiger charge is 2.49. The van der Waals surface area contributed by atoms with Gasteiger partial charge in [0.2, 0.25) is 0 Å². The summed E-state index contributed by atoms with van der Waals surface area (Å²) in [6.45, 7) is 7.10. The molecule has 0 saturated carbocycles. The Bertz CT molecular complexity index is 1190. The van der Waals surface area contributed by atoms with Crippen LogP contribution in [0.3, 0.4) is 0 Å². The van der Waals surface area contributed by atoms with Crippen molar-refractivity contribution < 1.29 is 53.2 Å². The number of aryl methyl sites for hydroxylation is 1. The highest BCUT2D eigenvalue weighted by atomic mass is 32.2. The minimum atomic E-state index is -6.31. The number of halogens is 6. The Morgan fingerprint density at radius 3 is 2.15 bits per heavy atom. The second-order valence-corrected chi connectivity index (χ2v) is 9.72. The minimum absolute atomic E-state index is 0.0472. The number of carbonyl (C=O) groups is 1. The summed E-state index contributed by atoms with van der Waals surface area (Å²) in [6, 6.07) is 2.24. The fraction of sp³-hybridized carbons (Fsp3) is 0.476. The lowest BCUT2D eigenvalue weighted by Gasteiger charge is -2.29. The Kier molecular flexibility index (Phi) is 7.83. The smallest absolute Gasteiger partial charge is 0.464 e. The summed E-state index contributed by atoms with van der Waals surface area (Å²) < 4.78 is 119. The molecule has 0 aliphatic carbocycles. The summed E-state index contributed by atoms with van der Waals surface area (Å²) in [5, 5.41) is -0.842. The zero-order chi connectivity index (χ0) is 26.2. The number of esters is 1. The topological polar surface area (TPSA) is 78.9 Å². The third kappa shape index (κ3) is 5.93. The molecule has 0 aliphatic heterocycles. The number of alkyl halides is 5. The summed E-state index contributed by atoms with van der Waals surface area (Å²) >= 11 is 0. The monoisotopic (exact) mass is 516 g/mol. The molecule has 2 aromatic carbocycles. The maximum Gasteiger partial charge on any atom is 0.534 e. The second kappa shape index (κ2) is 9.61. The van der Waals surface area contributed by atoms with Crippen molar-refractivity contribution in [2.75, 3.05) is 6.61 Å². The molecule has 0 spiro atoms. The molecule has 2 rings (SSSR count). The van der Waals surface area contributed by atoms with Crippen LogP contribution < -0.4 is 4.18 Å². The lowest BCUT2D eigenvalue weighted by atomic mass is 9.94. The third-order valence-corrected chi connectivity index (χ3v) is 5.35. The van der Waals surface area contributed by atoms with E-state index in [1.165, 1.54) is 40.7 Å². The number of rotatable bonds is 7. The Labute approximate surface area is 191 Å². The van der Waals surface area contributed by atoms with E-state index in [1.807, 2.05) is 0 Å². The van der Waals surface area contributed by atoms with Crippen LogP contribution in [0, 0.1) is 12.7 Å². The number of benzene rings is 2. The van der Waals surface area contributed by atoms with Gasteiger partial charge < -0.3 is 13.7 Å². The highest BCUT2D eigenvalue weighted by Crippen LogP contribution is 2.43. The van der Waals surface area contributed by atoms with Crippen LogP contribution in [0.25, 0.3) is 10.8 Å². The first-order valence-corrected chi connectivity index (χ1v) is 11.2. The summed E-state index contributed by atoms with van der Waals surface area (Å²) in [5.41, 5.74) is -8.57.